The normalized spacial score (nSPS) is 10.9. The third kappa shape index (κ3) is 7.00. The molecule has 1 N–H and O–H groups in total. The minimum atomic E-state index is -0.556. The Morgan fingerprint density at radius 3 is 2.57 bits per heavy atom. The van der Waals surface area contributed by atoms with Gasteiger partial charge in [0.25, 0.3) is 0 Å². The molecule has 7 nitrogen and oxygen atoms in total. The number of rotatable bonds is 5. The van der Waals surface area contributed by atoms with Crippen LogP contribution in [0.25, 0.3) is 5.57 Å². The fraction of sp³-hybridized carbons (Fsp3) is 0.312. The van der Waals surface area contributed by atoms with Gasteiger partial charge in [-0.2, -0.15) is 5.26 Å². The summed E-state index contributed by atoms with van der Waals surface area (Å²) in [4.78, 5) is 23.6. The maximum absolute atomic E-state index is 11.5. The van der Waals surface area contributed by atoms with E-state index in [9.17, 15) is 4.79 Å². The Morgan fingerprint density at radius 1 is 1.43 bits per heavy atom. The predicted octanol–water partition coefficient (Wildman–Crippen LogP) is 2.62. The summed E-state index contributed by atoms with van der Waals surface area (Å²) < 4.78 is 5.11. The lowest BCUT2D eigenvalue weighted by Gasteiger charge is -2.19. The van der Waals surface area contributed by atoms with E-state index in [2.05, 4.69) is 33.4 Å². The molecule has 0 radical (unpaired) electrons. The number of ether oxygens (including phenoxy) is 1. The summed E-state index contributed by atoms with van der Waals surface area (Å²) in [7, 11) is 0. The molecule has 1 heterocycles. The number of carbonyl (C=O) groups excluding carboxylic acids is 1. The standard InChI is InChI=1S/C16H19N5O2/c1-11(7-18-12(2)6-17)13-8-19-14(20-9-13)10-21-15(22)23-16(3,4)5/h7-9H,1-2,10H2,3-5H3,(H,21,22). The maximum Gasteiger partial charge on any atom is 0.408 e. The molecule has 1 aromatic rings. The number of nitrogens with one attached hydrogen (secondary N) is 1. The van der Waals surface area contributed by atoms with E-state index in [0.717, 1.165) is 0 Å². The van der Waals surface area contributed by atoms with Crippen molar-refractivity contribution in [3.63, 3.8) is 0 Å². The van der Waals surface area contributed by atoms with E-state index in [1.165, 1.54) is 6.21 Å². The van der Waals surface area contributed by atoms with Gasteiger partial charge in [-0.1, -0.05) is 13.2 Å². The summed E-state index contributed by atoms with van der Waals surface area (Å²) in [5.74, 6) is 0.436. The van der Waals surface area contributed by atoms with E-state index in [1.54, 1.807) is 33.2 Å². The molecule has 1 aromatic heterocycles. The van der Waals surface area contributed by atoms with Crippen LogP contribution in [0.15, 0.2) is 36.2 Å². The second-order valence-corrected chi connectivity index (χ2v) is 5.59. The Bertz CT molecular complexity index is 663. The summed E-state index contributed by atoms with van der Waals surface area (Å²) in [5.41, 5.74) is 0.734. The molecule has 0 bridgehead atoms. The Labute approximate surface area is 135 Å². The van der Waals surface area contributed by atoms with E-state index in [4.69, 9.17) is 10.00 Å². The van der Waals surface area contributed by atoms with Gasteiger partial charge in [0.05, 0.1) is 6.54 Å². The number of alkyl carbamates (subject to hydrolysis) is 1. The van der Waals surface area contributed by atoms with Gasteiger partial charge < -0.3 is 10.1 Å². The first-order valence-electron chi connectivity index (χ1n) is 6.81. The molecule has 7 heteroatoms. The molecule has 0 aliphatic carbocycles. The Kier molecular flexibility index (Phi) is 6.15. The van der Waals surface area contributed by atoms with E-state index in [0.29, 0.717) is 17.0 Å². The lowest BCUT2D eigenvalue weighted by atomic mass is 10.2. The van der Waals surface area contributed by atoms with Crippen LogP contribution in [0.4, 0.5) is 4.79 Å². The van der Waals surface area contributed by atoms with E-state index in [-0.39, 0.29) is 12.2 Å². The lowest BCUT2D eigenvalue weighted by molar-refractivity contribution is 0.0522. The molecular formula is C16H19N5O2. The Morgan fingerprint density at radius 2 is 2.04 bits per heavy atom. The van der Waals surface area contributed by atoms with Gasteiger partial charge in [0.15, 0.2) is 0 Å². The van der Waals surface area contributed by atoms with Crippen molar-refractivity contribution in [2.24, 2.45) is 4.99 Å². The zero-order chi connectivity index (χ0) is 17.5. The first-order valence-corrected chi connectivity index (χ1v) is 6.81. The smallest absolute Gasteiger partial charge is 0.408 e. The molecule has 23 heavy (non-hydrogen) atoms. The van der Waals surface area contributed by atoms with Gasteiger partial charge in [0.1, 0.15) is 23.2 Å². The number of allylic oxidation sites excluding steroid dienone is 2. The maximum atomic E-state index is 11.5. The summed E-state index contributed by atoms with van der Waals surface area (Å²) in [6.45, 7) is 12.7. The number of hydrogen-bond acceptors (Lipinski definition) is 6. The molecule has 0 saturated heterocycles. The fourth-order valence-corrected chi connectivity index (χ4v) is 1.34. The van der Waals surface area contributed by atoms with Crippen LogP contribution in [0, 0.1) is 11.3 Å². The molecular weight excluding hydrogens is 294 g/mol. The molecule has 0 aromatic carbocycles. The summed E-state index contributed by atoms with van der Waals surface area (Å²) >= 11 is 0. The number of nitriles is 1. The number of carbonyl (C=O) groups is 1. The first-order chi connectivity index (χ1) is 10.7. The quantitative estimate of drug-likeness (QED) is 0.665. The average molecular weight is 313 g/mol. The zero-order valence-corrected chi connectivity index (χ0v) is 13.5. The number of aliphatic imine (C=N–C) groups is 1. The highest BCUT2D eigenvalue weighted by Gasteiger charge is 2.15. The van der Waals surface area contributed by atoms with Crippen LogP contribution in [-0.2, 0) is 11.3 Å². The number of hydrogen-bond donors (Lipinski definition) is 1. The van der Waals surface area contributed by atoms with Gasteiger partial charge in [-0.3, -0.25) is 0 Å². The molecule has 0 atom stereocenters. The molecule has 0 saturated carbocycles. The number of amides is 1. The molecule has 0 aliphatic rings. The number of nitrogens with zero attached hydrogens (tertiary/aromatic N) is 4. The fourth-order valence-electron chi connectivity index (χ4n) is 1.34. The van der Waals surface area contributed by atoms with Crippen molar-refractivity contribution in [1.29, 1.82) is 5.26 Å². The van der Waals surface area contributed by atoms with Gasteiger partial charge in [-0.05, 0) is 26.3 Å². The van der Waals surface area contributed by atoms with Crippen molar-refractivity contribution in [3.05, 3.63) is 42.6 Å². The topological polar surface area (TPSA) is 100 Å². The second kappa shape index (κ2) is 7.84. The molecule has 1 amide bonds. The first kappa shape index (κ1) is 18.0. The van der Waals surface area contributed by atoms with Crippen molar-refractivity contribution in [3.8, 4) is 6.07 Å². The minimum absolute atomic E-state index is 0.0882. The summed E-state index contributed by atoms with van der Waals surface area (Å²) in [6, 6.07) is 1.81. The lowest BCUT2D eigenvalue weighted by Crippen LogP contribution is -2.32. The molecule has 0 fully saturated rings. The van der Waals surface area contributed by atoms with Crippen LogP contribution in [0.1, 0.15) is 32.2 Å². The molecule has 0 spiro atoms. The molecule has 1 rings (SSSR count). The van der Waals surface area contributed by atoms with Crippen molar-refractivity contribution in [1.82, 2.24) is 15.3 Å². The summed E-state index contributed by atoms with van der Waals surface area (Å²) in [5, 5.41) is 11.1. The van der Waals surface area contributed by atoms with Crippen molar-refractivity contribution in [2.45, 2.75) is 32.9 Å². The SMILES string of the molecule is C=C(C#N)N=CC(=C)c1cnc(CNC(=O)OC(C)(C)C)nc1. The van der Waals surface area contributed by atoms with Crippen molar-refractivity contribution < 1.29 is 9.53 Å². The van der Waals surface area contributed by atoms with Gasteiger partial charge >= 0.3 is 6.09 Å². The zero-order valence-electron chi connectivity index (χ0n) is 13.5. The summed E-state index contributed by atoms with van der Waals surface area (Å²) in [6.07, 6.45) is 4.00. The van der Waals surface area contributed by atoms with Gasteiger partial charge in [0.2, 0.25) is 0 Å². The third-order valence-electron chi connectivity index (χ3n) is 2.37. The highest BCUT2D eigenvalue weighted by atomic mass is 16.6. The molecule has 120 valence electrons. The largest absolute Gasteiger partial charge is 0.444 e. The van der Waals surface area contributed by atoms with Crippen LogP contribution in [0.5, 0.6) is 0 Å². The monoisotopic (exact) mass is 313 g/mol. The highest BCUT2D eigenvalue weighted by molar-refractivity contribution is 6.08. The molecule has 0 aliphatic heterocycles. The third-order valence-corrected chi connectivity index (χ3v) is 2.37. The van der Waals surface area contributed by atoms with Crippen LogP contribution in [0.3, 0.4) is 0 Å². The van der Waals surface area contributed by atoms with Gasteiger partial charge in [-0.25, -0.2) is 19.8 Å². The Balaban J connectivity index is 2.59. The van der Waals surface area contributed by atoms with Gasteiger partial charge in [0, 0.05) is 24.2 Å². The second-order valence-electron chi connectivity index (χ2n) is 5.59. The predicted molar refractivity (Wildman–Crippen MR) is 87.4 cm³/mol. The average Bonchev–Trinajstić information content (AvgIpc) is 2.49. The molecule has 0 unspecified atom stereocenters. The van der Waals surface area contributed by atoms with Crippen molar-refractivity contribution in [2.75, 3.05) is 0 Å². The minimum Gasteiger partial charge on any atom is -0.444 e. The van der Waals surface area contributed by atoms with Crippen molar-refractivity contribution >= 4 is 17.9 Å². The van der Waals surface area contributed by atoms with E-state index < -0.39 is 11.7 Å². The van der Waals surface area contributed by atoms with E-state index >= 15 is 0 Å². The van der Waals surface area contributed by atoms with E-state index in [1.807, 2.05) is 6.07 Å². The number of aromatic nitrogens is 2. The highest BCUT2D eigenvalue weighted by Crippen LogP contribution is 2.09. The Hall–Kier alpha value is -3.01. The van der Waals surface area contributed by atoms with Gasteiger partial charge in [-0.15, -0.1) is 0 Å². The van der Waals surface area contributed by atoms with Crippen LogP contribution >= 0.6 is 0 Å². The van der Waals surface area contributed by atoms with Crippen LogP contribution in [0.2, 0.25) is 0 Å². The van der Waals surface area contributed by atoms with Crippen LogP contribution < -0.4 is 5.32 Å². The van der Waals surface area contributed by atoms with Crippen LogP contribution in [-0.4, -0.2) is 27.9 Å².